The maximum absolute atomic E-state index is 13.8. The molecule has 3 N–H and O–H groups in total. The van der Waals surface area contributed by atoms with E-state index in [2.05, 4.69) is 25.3 Å². The largest absolute Gasteiger partial charge is 0.394 e. The van der Waals surface area contributed by atoms with Gasteiger partial charge in [-0.2, -0.15) is 0 Å². The van der Waals surface area contributed by atoms with Crippen LogP contribution in [-0.4, -0.2) is 36.2 Å². The van der Waals surface area contributed by atoms with Gasteiger partial charge in [0.25, 0.3) is 5.56 Å². The molecule has 0 spiro atoms. The van der Waals surface area contributed by atoms with Crippen LogP contribution in [-0.2, 0) is 0 Å². The van der Waals surface area contributed by atoms with Crippen molar-refractivity contribution >= 4 is 23.5 Å². The number of H-pyrrole nitrogens is 1. The molecule has 1 atom stereocenters. The fourth-order valence-corrected chi connectivity index (χ4v) is 3.12. The normalized spacial score (nSPS) is 12.0. The Morgan fingerprint density at radius 2 is 2.07 bits per heavy atom. The Morgan fingerprint density at radius 3 is 2.77 bits per heavy atom. The lowest BCUT2D eigenvalue weighted by Gasteiger charge is -2.18. The van der Waals surface area contributed by atoms with Crippen LogP contribution in [0.1, 0.15) is 11.6 Å². The quantitative estimate of drug-likeness (QED) is 0.437. The Kier molecular flexibility index (Phi) is 5.55. The van der Waals surface area contributed by atoms with Gasteiger partial charge in [0.15, 0.2) is 0 Å². The second kappa shape index (κ2) is 8.44. The summed E-state index contributed by atoms with van der Waals surface area (Å²) in [6.07, 6.45) is 6.35. The zero-order valence-corrected chi connectivity index (χ0v) is 16.2. The van der Waals surface area contributed by atoms with Crippen molar-refractivity contribution in [3.63, 3.8) is 0 Å². The number of aromatic nitrogens is 5. The fourth-order valence-electron chi connectivity index (χ4n) is 3.00. The molecule has 3 aromatic heterocycles. The third kappa shape index (κ3) is 4.07. The predicted molar refractivity (Wildman–Crippen MR) is 110 cm³/mol. The zero-order valence-electron chi connectivity index (χ0n) is 15.5. The van der Waals surface area contributed by atoms with Crippen LogP contribution < -0.4 is 10.9 Å². The highest BCUT2D eigenvalue weighted by Crippen LogP contribution is 2.23. The third-order valence-electron chi connectivity index (χ3n) is 4.47. The van der Waals surface area contributed by atoms with Gasteiger partial charge in [0.05, 0.1) is 23.4 Å². The number of hydrogen-bond donors (Lipinski definition) is 3. The molecule has 10 heteroatoms. The molecule has 30 heavy (non-hydrogen) atoms. The van der Waals surface area contributed by atoms with E-state index in [-0.39, 0.29) is 17.2 Å². The SMILES string of the molecule is O=c1cc(-c2ccnc(Nc3ncc[nH]3)n2)ccn1[C@H](CO)c1ccc(Cl)c(F)c1. The summed E-state index contributed by atoms with van der Waals surface area (Å²) in [5.41, 5.74) is 1.16. The second-order valence-corrected chi connectivity index (χ2v) is 6.77. The van der Waals surface area contributed by atoms with E-state index in [0.717, 1.165) is 0 Å². The first-order valence-electron chi connectivity index (χ1n) is 8.93. The number of nitrogens with zero attached hydrogens (tertiary/aromatic N) is 4. The van der Waals surface area contributed by atoms with Gasteiger partial charge in [0, 0.05) is 36.4 Å². The van der Waals surface area contributed by atoms with E-state index in [9.17, 15) is 14.3 Å². The van der Waals surface area contributed by atoms with Crippen molar-refractivity contribution in [3.05, 3.63) is 87.9 Å². The lowest BCUT2D eigenvalue weighted by molar-refractivity contribution is 0.247. The van der Waals surface area contributed by atoms with Gasteiger partial charge in [0.2, 0.25) is 11.9 Å². The molecule has 4 aromatic rings. The van der Waals surface area contributed by atoms with Gasteiger partial charge in [-0.05, 0) is 29.8 Å². The van der Waals surface area contributed by atoms with Crippen molar-refractivity contribution in [2.24, 2.45) is 0 Å². The summed E-state index contributed by atoms with van der Waals surface area (Å²) in [5.74, 6) is 0.190. The van der Waals surface area contributed by atoms with E-state index in [4.69, 9.17) is 11.6 Å². The van der Waals surface area contributed by atoms with Crippen LogP contribution in [0.5, 0.6) is 0 Å². The van der Waals surface area contributed by atoms with Gasteiger partial charge in [-0.15, -0.1) is 0 Å². The molecule has 0 bridgehead atoms. The zero-order chi connectivity index (χ0) is 21.1. The van der Waals surface area contributed by atoms with E-state index in [0.29, 0.717) is 28.7 Å². The van der Waals surface area contributed by atoms with Crippen LogP contribution in [0, 0.1) is 5.82 Å². The number of aromatic amines is 1. The lowest BCUT2D eigenvalue weighted by Crippen LogP contribution is -2.27. The second-order valence-electron chi connectivity index (χ2n) is 6.36. The van der Waals surface area contributed by atoms with Crippen molar-refractivity contribution < 1.29 is 9.50 Å². The summed E-state index contributed by atoms with van der Waals surface area (Å²) in [6.45, 7) is -0.384. The van der Waals surface area contributed by atoms with Gasteiger partial charge in [-0.25, -0.2) is 19.3 Å². The van der Waals surface area contributed by atoms with E-state index < -0.39 is 11.9 Å². The van der Waals surface area contributed by atoms with E-state index in [1.807, 2.05) is 0 Å². The highest BCUT2D eigenvalue weighted by molar-refractivity contribution is 6.30. The number of nitrogens with one attached hydrogen (secondary N) is 2. The maximum Gasteiger partial charge on any atom is 0.251 e. The Bertz CT molecular complexity index is 1230. The van der Waals surface area contributed by atoms with Gasteiger partial charge in [-0.3, -0.25) is 10.1 Å². The number of anilines is 2. The number of halogens is 2. The van der Waals surface area contributed by atoms with E-state index in [1.165, 1.54) is 29.0 Å². The minimum Gasteiger partial charge on any atom is -0.394 e. The van der Waals surface area contributed by atoms with Crippen LogP contribution in [0.25, 0.3) is 11.3 Å². The summed E-state index contributed by atoms with van der Waals surface area (Å²) in [4.78, 5) is 28.2. The average molecular weight is 427 g/mol. The minimum atomic E-state index is -0.750. The van der Waals surface area contributed by atoms with Gasteiger partial charge < -0.3 is 14.7 Å². The topological polar surface area (TPSA) is 109 Å². The standard InChI is InChI=1S/C20H16ClFN6O2/c21-14-2-1-13(9-15(14)22)17(11-29)28-8-4-12(10-18(28)30)16-3-5-23-20(26-16)27-19-24-6-7-25-19/h1-10,17,29H,11H2,(H2,23,24,25,26,27)/t17-/m1/s1. The summed E-state index contributed by atoms with van der Waals surface area (Å²) >= 11 is 5.72. The molecule has 0 aliphatic carbocycles. The third-order valence-corrected chi connectivity index (χ3v) is 4.77. The molecule has 4 rings (SSSR count). The average Bonchev–Trinajstić information content (AvgIpc) is 3.25. The maximum atomic E-state index is 13.8. The molecular formula is C20H16ClFN6O2. The van der Waals surface area contributed by atoms with Crippen LogP contribution in [0.4, 0.5) is 16.3 Å². The summed E-state index contributed by atoms with van der Waals surface area (Å²) in [6, 6.07) is 8.18. The summed E-state index contributed by atoms with van der Waals surface area (Å²) < 4.78 is 15.2. The van der Waals surface area contributed by atoms with E-state index >= 15 is 0 Å². The first-order chi connectivity index (χ1) is 14.5. The van der Waals surface area contributed by atoms with Crippen molar-refractivity contribution in [2.75, 3.05) is 11.9 Å². The highest BCUT2D eigenvalue weighted by atomic mass is 35.5. The smallest absolute Gasteiger partial charge is 0.251 e. The molecule has 0 fully saturated rings. The molecule has 0 aliphatic heterocycles. The van der Waals surface area contributed by atoms with E-state index in [1.54, 1.807) is 36.8 Å². The molecule has 0 radical (unpaired) electrons. The van der Waals surface area contributed by atoms with Crippen molar-refractivity contribution in [1.82, 2.24) is 24.5 Å². The van der Waals surface area contributed by atoms with Crippen LogP contribution in [0.2, 0.25) is 5.02 Å². The molecular weight excluding hydrogens is 411 g/mol. The van der Waals surface area contributed by atoms with Crippen LogP contribution in [0.15, 0.2) is 66.0 Å². The van der Waals surface area contributed by atoms with Gasteiger partial charge in [-0.1, -0.05) is 17.7 Å². The number of rotatable bonds is 6. The minimum absolute atomic E-state index is 0.0270. The number of hydrogen-bond acceptors (Lipinski definition) is 6. The number of pyridine rings is 1. The Morgan fingerprint density at radius 1 is 1.20 bits per heavy atom. The molecule has 152 valence electrons. The first-order valence-corrected chi connectivity index (χ1v) is 9.31. The highest BCUT2D eigenvalue weighted by Gasteiger charge is 2.16. The first kappa shape index (κ1) is 19.7. The molecule has 3 heterocycles. The van der Waals surface area contributed by atoms with Gasteiger partial charge >= 0.3 is 0 Å². The molecule has 0 aliphatic rings. The molecule has 1 aromatic carbocycles. The molecule has 0 saturated carbocycles. The molecule has 0 unspecified atom stereocenters. The lowest BCUT2D eigenvalue weighted by atomic mass is 10.1. The fraction of sp³-hybridized carbons (Fsp3) is 0.100. The number of aliphatic hydroxyl groups is 1. The van der Waals surface area contributed by atoms with Crippen molar-refractivity contribution in [2.45, 2.75) is 6.04 Å². The van der Waals surface area contributed by atoms with Crippen molar-refractivity contribution in [3.8, 4) is 11.3 Å². The molecule has 8 nitrogen and oxygen atoms in total. The van der Waals surface area contributed by atoms with Crippen LogP contribution in [0.3, 0.4) is 0 Å². The monoisotopic (exact) mass is 426 g/mol. The number of benzene rings is 1. The number of aliphatic hydroxyl groups excluding tert-OH is 1. The number of imidazole rings is 1. The van der Waals surface area contributed by atoms with Crippen LogP contribution >= 0.6 is 11.6 Å². The van der Waals surface area contributed by atoms with Gasteiger partial charge in [0.1, 0.15) is 5.82 Å². The van der Waals surface area contributed by atoms with Crippen molar-refractivity contribution in [1.29, 1.82) is 0 Å². The summed E-state index contributed by atoms with van der Waals surface area (Å²) in [5, 5.41) is 12.7. The Hall–Kier alpha value is -3.56. The molecule has 0 saturated heterocycles. The molecule has 0 amide bonds. The predicted octanol–water partition coefficient (Wildman–Crippen LogP) is 3.15. The Labute approximate surface area is 175 Å². The summed E-state index contributed by atoms with van der Waals surface area (Å²) in [7, 11) is 0. The Balaban J connectivity index is 1.64.